The number of amides is 1. The van der Waals surface area contributed by atoms with Gasteiger partial charge >= 0.3 is 0 Å². The smallest absolute Gasteiger partial charge is 0.293 e. The lowest BCUT2D eigenvalue weighted by atomic mass is 10.2. The second-order valence-electron chi connectivity index (χ2n) is 4.22. The van der Waals surface area contributed by atoms with E-state index in [2.05, 4.69) is 21.2 Å². The van der Waals surface area contributed by atoms with E-state index in [-0.39, 0.29) is 23.8 Å². The molecule has 1 N–H and O–H groups in total. The van der Waals surface area contributed by atoms with Crippen LogP contribution in [0, 0.1) is 0 Å². The van der Waals surface area contributed by atoms with Gasteiger partial charge in [-0.3, -0.25) is 9.59 Å². The molecule has 0 fully saturated rings. The molecule has 1 amide bonds. The van der Waals surface area contributed by atoms with Crippen molar-refractivity contribution in [1.82, 2.24) is 9.88 Å². The van der Waals surface area contributed by atoms with Gasteiger partial charge in [0.2, 0.25) is 0 Å². The lowest BCUT2D eigenvalue weighted by molar-refractivity contribution is -0.122. The fourth-order valence-electron chi connectivity index (χ4n) is 1.97. The van der Waals surface area contributed by atoms with Crippen LogP contribution in [0.1, 0.15) is 6.92 Å². The molecule has 106 valence electrons. The molecule has 2 aromatic rings. The van der Waals surface area contributed by atoms with E-state index in [0.717, 1.165) is 15.4 Å². The van der Waals surface area contributed by atoms with Crippen molar-refractivity contribution < 1.29 is 9.53 Å². The fourth-order valence-corrected chi connectivity index (χ4v) is 2.34. The summed E-state index contributed by atoms with van der Waals surface area (Å²) in [5, 5.41) is 3.33. The molecule has 2 rings (SSSR count). The Bertz CT molecular complexity index is 709. The maximum atomic E-state index is 12.3. The van der Waals surface area contributed by atoms with E-state index >= 15 is 0 Å². The number of aromatic nitrogens is 1. The highest BCUT2D eigenvalue weighted by atomic mass is 79.9. The Kier molecular flexibility index (Phi) is 4.44. The number of aryl methyl sites for hydroxylation is 1. The molecular formula is C14H15BrN2O3. The van der Waals surface area contributed by atoms with Crippen LogP contribution in [0.2, 0.25) is 0 Å². The van der Waals surface area contributed by atoms with Crippen LogP contribution < -0.4 is 15.6 Å². The number of carbonyl (C=O) groups excluding carboxylic acids is 1. The van der Waals surface area contributed by atoms with E-state index in [4.69, 9.17) is 4.74 Å². The van der Waals surface area contributed by atoms with Crippen molar-refractivity contribution in [3.05, 3.63) is 39.1 Å². The van der Waals surface area contributed by atoms with Gasteiger partial charge in [0.05, 0.1) is 5.52 Å². The Morgan fingerprint density at radius 3 is 2.80 bits per heavy atom. The zero-order valence-electron chi connectivity index (χ0n) is 11.3. The predicted molar refractivity (Wildman–Crippen MR) is 81.1 cm³/mol. The summed E-state index contributed by atoms with van der Waals surface area (Å²) in [7, 11) is 1.52. The summed E-state index contributed by atoms with van der Waals surface area (Å²) in [6.45, 7) is 2.26. The number of fused-ring (bicyclic) bond motifs is 1. The molecule has 0 radical (unpaired) electrons. The fraction of sp³-hybridized carbons (Fsp3) is 0.286. The lowest BCUT2D eigenvalue weighted by Gasteiger charge is -2.12. The number of pyridine rings is 1. The first-order chi connectivity index (χ1) is 9.56. The summed E-state index contributed by atoms with van der Waals surface area (Å²) < 4.78 is 7.87. The number of hydrogen-bond acceptors (Lipinski definition) is 3. The van der Waals surface area contributed by atoms with E-state index < -0.39 is 0 Å². The number of nitrogens with one attached hydrogen (secondary N) is 1. The topological polar surface area (TPSA) is 60.3 Å². The second-order valence-corrected chi connectivity index (χ2v) is 5.14. The maximum Gasteiger partial charge on any atom is 0.293 e. The number of ether oxygens (including phenoxy) is 1. The molecule has 6 heteroatoms. The van der Waals surface area contributed by atoms with E-state index in [1.54, 1.807) is 10.6 Å². The van der Waals surface area contributed by atoms with Crippen molar-refractivity contribution in [3.63, 3.8) is 0 Å². The second kappa shape index (κ2) is 6.09. The van der Waals surface area contributed by atoms with Gasteiger partial charge in [0.1, 0.15) is 0 Å². The van der Waals surface area contributed by atoms with Crippen LogP contribution in [0.5, 0.6) is 5.75 Å². The van der Waals surface area contributed by atoms with E-state index in [1.165, 1.54) is 7.05 Å². The van der Waals surface area contributed by atoms with Gasteiger partial charge in [-0.1, -0.05) is 15.9 Å². The maximum absolute atomic E-state index is 12.3. The number of benzene rings is 1. The number of nitrogens with zero attached hydrogens (tertiary/aromatic N) is 1. The summed E-state index contributed by atoms with van der Waals surface area (Å²) in [6, 6.07) is 7.34. The molecule has 0 saturated carbocycles. The number of likely N-dealkylation sites (N-methyl/N-ethyl adjacent to an activating group) is 1. The van der Waals surface area contributed by atoms with Crippen molar-refractivity contribution in [1.29, 1.82) is 0 Å². The van der Waals surface area contributed by atoms with Gasteiger partial charge in [0.15, 0.2) is 12.4 Å². The van der Waals surface area contributed by atoms with Crippen LogP contribution in [-0.2, 0) is 11.3 Å². The molecule has 0 unspecified atom stereocenters. The summed E-state index contributed by atoms with van der Waals surface area (Å²) in [4.78, 5) is 23.5. The zero-order valence-corrected chi connectivity index (χ0v) is 12.9. The molecule has 1 aromatic carbocycles. The molecule has 0 aliphatic carbocycles. The largest absolute Gasteiger partial charge is 0.478 e. The summed E-state index contributed by atoms with van der Waals surface area (Å²) >= 11 is 3.40. The highest BCUT2D eigenvalue weighted by Crippen LogP contribution is 2.21. The van der Waals surface area contributed by atoms with Crippen LogP contribution in [0.15, 0.2) is 33.5 Å². The quantitative estimate of drug-likeness (QED) is 0.926. The van der Waals surface area contributed by atoms with Crippen LogP contribution in [0.3, 0.4) is 0 Å². The van der Waals surface area contributed by atoms with Gasteiger partial charge in [-0.2, -0.15) is 0 Å². The third-order valence-corrected chi connectivity index (χ3v) is 3.47. The number of carbonyl (C=O) groups is 1. The molecule has 5 nitrogen and oxygen atoms in total. The molecule has 1 aromatic heterocycles. The third-order valence-electron chi connectivity index (χ3n) is 2.98. The summed E-state index contributed by atoms with van der Waals surface area (Å²) in [5.41, 5.74) is 0.610. The van der Waals surface area contributed by atoms with Crippen molar-refractivity contribution >= 4 is 32.7 Å². The van der Waals surface area contributed by atoms with Crippen molar-refractivity contribution in [2.75, 3.05) is 13.7 Å². The molecule has 1 heterocycles. The van der Waals surface area contributed by atoms with Crippen molar-refractivity contribution in [2.45, 2.75) is 13.5 Å². The Balaban J connectivity index is 2.52. The SMILES string of the molecule is CCn1c(=O)c(OCC(=O)NC)cc2cc(Br)ccc21. The van der Waals surface area contributed by atoms with E-state index in [9.17, 15) is 9.59 Å². The van der Waals surface area contributed by atoms with Gasteiger partial charge in [0.25, 0.3) is 11.5 Å². The number of hydrogen-bond donors (Lipinski definition) is 1. The highest BCUT2D eigenvalue weighted by molar-refractivity contribution is 9.10. The number of halogens is 1. The number of rotatable bonds is 4. The first-order valence-electron chi connectivity index (χ1n) is 6.23. The van der Waals surface area contributed by atoms with Gasteiger partial charge in [-0.25, -0.2) is 0 Å². The molecular weight excluding hydrogens is 324 g/mol. The molecule has 0 aliphatic rings. The average Bonchev–Trinajstić information content (AvgIpc) is 2.45. The average molecular weight is 339 g/mol. The third kappa shape index (κ3) is 2.85. The van der Waals surface area contributed by atoms with Gasteiger partial charge in [-0.05, 0) is 31.2 Å². The molecule has 20 heavy (non-hydrogen) atoms. The van der Waals surface area contributed by atoms with Crippen molar-refractivity contribution in [3.8, 4) is 5.75 Å². The lowest BCUT2D eigenvalue weighted by Crippen LogP contribution is -2.28. The first kappa shape index (κ1) is 14.6. The molecule has 0 bridgehead atoms. The van der Waals surface area contributed by atoms with Gasteiger partial charge < -0.3 is 14.6 Å². The Morgan fingerprint density at radius 2 is 2.15 bits per heavy atom. The summed E-state index contributed by atoms with van der Waals surface area (Å²) in [6.07, 6.45) is 0. The first-order valence-corrected chi connectivity index (χ1v) is 7.02. The Morgan fingerprint density at radius 1 is 1.40 bits per heavy atom. The molecule has 0 spiro atoms. The van der Waals surface area contributed by atoms with Crippen LogP contribution in [0.25, 0.3) is 10.9 Å². The Hall–Kier alpha value is -1.82. The minimum atomic E-state index is -0.276. The monoisotopic (exact) mass is 338 g/mol. The Labute approximate surface area is 124 Å². The molecule has 0 saturated heterocycles. The molecule has 0 aliphatic heterocycles. The van der Waals surface area contributed by atoms with Crippen molar-refractivity contribution in [2.24, 2.45) is 0 Å². The van der Waals surface area contributed by atoms with Crippen LogP contribution in [0.4, 0.5) is 0 Å². The van der Waals surface area contributed by atoms with Gasteiger partial charge in [-0.15, -0.1) is 0 Å². The van der Waals surface area contributed by atoms with Crippen LogP contribution in [-0.4, -0.2) is 24.1 Å². The minimum absolute atomic E-state index is 0.172. The molecule has 0 atom stereocenters. The predicted octanol–water partition coefficient (Wildman–Crippen LogP) is 1.91. The standard InChI is InChI=1S/C14H15BrN2O3/c1-3-17-11-5-4-10(15)6-9(11)7-12(14(17)19)20-8-13(18)16-2/h4-7H,3,8H2,1-2H3,(H,16,18). The normalized spacial score (nSPS) is 10.6. The van der Waals surface area contributed by atoms with E-state index in [1.807, 2.05) is 25.1 Å². The summed E-state index contributed by atoms with van der Waals surface area (Å²) in [5.74, 6) is -0.0946. The highest BCUT2D eigenvalue weighted by Gasteiger charge is 2.11. The van der Waals surface area contributed by atoms with E-state index in [0.29, 0.717) is 6.54 Å². The minimum Gasteiger partial charge on any atom is -0.478 e. The van der Waals surface area contributed by atoms with Crippen LogP contribution >= 0.6 is 15.9 Å². The zero-order chi connectivity index (χ0) is 14.7. The van der Waals surface area contributed by atoms with Gasteiger partial charge in [0, 0.05) is 23.5 Å².